The van der Waals surface area contributed by atoms with Crippen molar-refractivity contribution in [3.8, 4) is 11.1 Å². The first-order chi connectivity index (χ1) is 6.75. The van der Waals surface area contributed by atoms with Crippen molar-refractivity contribution in [3.63, 3.8) is 0 Å². The molecule has 1 aromatic carbocycles. The highest BCUT2D eigenvalue weighted by atomic mass is 35.5. The summed E-state index contributed by atoms with van der Waals surface area (Å²) in [5, 5.41) is 0.670. The van der Waals surface area contributed by atoms with Gasteiger partial charge < -0.3 is 0 Å². The van der Waals surface area contributed by atoms with Crippen LogP contribution >= 0.6 is 11.6 Å². The Hall–Kier alpha value is -1.34. The van der Waals surface area contributed by atoms with E-state index in [9.17, 15) is 0 Å². The first-order valence-electron chi connectivity index (χ1n) is 4.43. The summed E-state index contributed by atoms with van der Waals surface area (Å²) in [7, 11) is 0. The average Bonchev–Trinajstić information content (AvgIpc) is 2.19. The molecule has 0 aliphatic heterocycles. The van der Waals surface area contributed by atoms with Crippen LogP contribution in [0.2, 0.25) is 5.02 Å². The number of benzene rings is 1. The van der Waals surface area contributed by atoms with Crippen LogP contribution in [0.4, 0.5) is 0 Å². The van der Waals surface area contributed by atoms with Gasteiger partial charge in [0.15, 0.2) is 0 Å². The van der Waals surface area contributed by atoms with Crippen molar-refractivity contribution >= 4 is 11.6 Å². The van der Waals surface area contributed by atoms with Crippen LogP contribution in [-0.2, 0) is 0 Å². The van der Waals surface area contributed by atoms with Crippen LogP contribution in [0.15, 0.2) is 42.7 Å². The molecule has 0 unspecified atom stereocenters. The van der Waals surface area contributed by atoms with Crippen LogP contribution in [0, 0.1) is 6.92 Å². The lowest BCUT2D eigenvalue weighted by Crippen LogP contribution is -1.80. The maximum atomic E-state index is 5.86. The summed E-state index contributed by atoms with van der Waals surface area (Å²) >= 11 is 5.86. The predicted molar refractivity (Wildman–Crippen MR) is 59.4 cm³/mol. The largest absolute Gasteiger partial charge is 0.263 e. The van der Waals surface area contributed by atoms with Crippen molar-refractivity contribution in [2.45, 2.75) is 6.92 Å². The molecule has 0 fully saturated rings. The average molecular weight is 204 g/mol. The van der Waals surface area contributed by atoms with Gasteiger partial charge in [-0.05, 0) is 18.6 Å². The number of aryl methyl sites for hydroxylation is 1. The first kappa shape index (κ1) is 9.22. The molecule has 0 aliphatic rings. The molecule has 0 spiro atoms. The molecule has 0 amide bonds. The lowest BCUT2D eigenvalue weighted by Gasteiger charge is -2.01. The maximum Gasteiger partial charge on any atom is 0.0595 e. The van der Waals surface area contributed by atoms with Gasteiger partial charge in [0.25, 0.3) is 0 Å². The molecule has 0 saturated carbocycles. The minimum atomic E-state index is 0.670. The minimum Gasteiger partial charge on any atom is -0.263 e. The Balaban J connectivity index is 2.44. The van der Waals surface area contributed by atoms with Crippen LogP contribution in [0.1, 0.15) is 5.56 Å². The van der Waals surface area contributed by atoms with Crippen LogP contribution in [0.3, 0.4) is 0 Å². The van der Waals surface area contributed by atoms with Gasteiger partial charge in [-0.15, -0.1) is 0 Å². The van der Waals surface area contributed by atoms with Crippen molar-refractivity contribution in [3.05, 3.63) is 53.3 Å². The highest BCUT2D eigenvalue weighted by Crippen LogP contribution is 2.21. The lowest BCUT2D eigenvalue weighted by molar-refractivity contribution is 1.33. The van der Waals surface area contributed by atoms with E-state index in [1.165, 1.54) is 5.56 Å². The summed E-state index contributed by atoms with van der Waals surface area (Å²) in [5.74, 6) is 0. The second-order valence-corrected chi connectivity index (χ2v) is 3.69. The molecule has 0 atom stereocenters. The normalized spacial score (nSPS) is 10.1. The summed E-state index contributed by atoms with van der Waals surface area (Å²) in [4.78, 5) is 4.05. The molecule has 2 rings (SSSR count). The van der Waals surface area contributed by atoms with E-state index in [4.69, 9.17) is 11.6 Å². The van der Waals surface area contributed by atoms with Gasteiger partial charge >= 0.3 is 0 Å². The second kappa shape index (κ2) is 3.81. The van der Waals surface area contributed by atoms with E-state index >= 15 is 0 Å². The van der Waals surface area contributed by atoms with E-state index in [0.29, 0.717) is 5.02 Å². The van der Waals surface area contributed by atoms with E-state index in [-0.39, 0.29) is 0 Å². The number of nitrogens with zero attached hydrogens (tertiary/aromatic N) is 1. The quantitative estimate of drug-likeness (QED) is 0.689. The van der Waals surface area contributed by atoms with Crippen molar-refractivity contribution in [2.75, 3.05) is 0 Å². The first-order valence-corrected chi connectivity index (χ1v) is 4.81. The SMILES string of the molecule is Cc1ccc(-c2cncc(Cl)c2)cc1. The summed E-state index contributed by atoms with van der Waals surface area (Å²) in [5.41, 5.74) is 3.45. The zero-order chi connectivity index (χ0) is 9.97. The van der Waals surface area contributed by atoms with Crippen molar-refractivity contribution in [1.29, 1.82) is 0 Å². The van der Waals surface area contributed by atoms with Gasteiger partial charge in [0.2, 0.25) is 0 Å². The Morgan fingerprint density at radius 3 is 2.36 bits per heavy atom. The smallest absolute Gasteiger partial charge is 0.0595 e. The molecule has 0 radical (unpaired) electrons. The molecule has 1 heterocycles. The Bertz CT molecular complexity index is 434. The van der Waals surface area contributed by atoms with Crippen LogP contribution < -0.4 is 0 Å². The number of pyridine rings is 1. The molecule has 0 saturated heterocycles. The summed E-state index contributed by atoms with van der Waals surface area (Å²) < 4.78 is 0. The third kappa shape index (κ3) is 1.94. The Labute approximate surface area is 88.4 Å². The summed E-state index contributed by atoms with van der Waals surface area (Å²) in [6, 6.07) is 10.2. The summed E-state index contributed by atoms with van der Waals surface area (Å²) in [6.07, 6.45) is 3.45. The van der Waals surface area contributed by atoms with Gasteiger partial charge in [-0.25, -0.2) is 0 Å². The zero-order valence-corrected chi connectivity index (χ0v) is 8.62. The number of aromatic nitrogens is 1. The number of hydrogen-bond acceptors (Lipinski definition) is 1. The second-order valence-electron chi connectivity index (χ2n) is 3.26. The molecular weight excluding hydrogens is 194 g/mol. The van der Waals surface area contributed by atoms with Gasteiger partial charge in [0, 0.05) is 18.0 Å². The monoisotopic (exact) mass is 203 g/mol. The molecule has 0 bridgehead atoms. The highest BCUT2D eigenvalue weighted by Gasteiger charge is 1.97. The molecule has 2 aromatic rings. The van der Waals surface area contributed by atoms with E-state index < -0.39 is 0 Å². The van der Waals surface area contributed by atoms with Gasteiger partial charge in [0.05, 0.1) is 5.02 Å². The fourth-order valence-electron chi connectivity index (χ4n) is 1.32. The molecule has 0 aliphatic carbocycles. The minimum absolute atomic E-state index is 0.670. The summed E-state index contributed by atoms with van der Waals surface area (Å²) in [6.45, 7) is 2.07. The molecule has 1 aromatic heterocycles. The maximum absolute atomic E-state index is 5.86. The van der Waals surface area contributed by atoms with E-state index in [0.717, 1.165) is 11.1 Å². The topological polar surface area (TPSA) is 12.9 Å². The third-order valence-corrected chi connectivity index (χ3v) is 2.30. The highest BCUT2D eigenvalue weighted by molar-refractivity contribution is 6.30. The molecular formula is C12H10ClN. The van der Waals surface area contributed by atoms with Crippen LogP contribution in [-0.4, -0.2) is 4.98 Å². The molecule has 1 nitrogen and oxygen atoms in total. The molecule has 14 heavy (non-hydrogen) atoms. The van der Waals surface area contributed by atoms with Gasteiger partial charge in [-0.1, -0.05) is 41.4 Å². The van der Waals surface area contributed by atoms with Gasteiger partial charge in [-0.3, -0.25) is 4.98 Å². The molecule has 0 N–H and O–H groups in total. The van der Waals surface area contributed by atoms with Gasteiger partial charge in [0.1, 0.15) is 0 Å². The van der Waals surface area contributed by atoms with E-state index in [1.807, 2.05) is 12.3 Å². The fourth-order valence-corrected chi connectivity index (χ4v) is 1.49. The molecule has 70 valence electrons. The lowest BCUT2D eigenvalue weighted by atomic mass is 10.1. The Morgan fingerprint density at radius 2 is 1.71 bits per heavy atom. The van der Waals surface area contributed by atoms with Crippen molar-refractivity contribution in [1.82, 2.24) is 4.98 Å². The standard InChI is InChI=1S/C12H10ClN/c1-9-2-4-10(5-3-9)11-6-12(13)8-14-7-11/h2-8H,1H3. The number of rotatable bonds is 1. The van der Waals surface area contributed by atoms with Crippen molar-refractivity contribution in [2.24, 2.45) is 0 Å². The predicted octanol–water partition coefficient (Wildman–Crippen LogP) is 3.71. The van der Waals surface area contributed by atoms with Crippen LogP contribution in [0.25, 0.3) is 11.1 Å². The third-order valence-electron chi connectivity index (χ3n) is 2.09. The van der Waals surface area contributed by atoms with Gasteiger partial charge in [-0.2, -0.15) is 0 Å². The van der Waals surface area contributed by atoms with E-state index in [2.05, 4.69) is 36.2 Å². The Kier molecular flexibility index (Phi) is 2.51. The molecule has 2 heteroatoms. The Morgan fingerprint density at radius 1 is 1.00 bits per heavy atom. The number of halogens is 1. The fraction of sp³-hybridized carbons (Fsp3) is 0.0833. The zero-order valence-electron chi connectivity index (χ0n) is 7.87. The number of hydrogen-bond donors (Lipinski definition) is 0. The van der Waals surface area contributed by atoms with Crippen molar-refractivity contribution < 1.29 is 0 Å². The van der Waals surface area contributed by atoms with E-state index in [1.54, 1.807) is 6.20 Å². The van der Waals surface area contributed by atoms with Crippen LogP contribution in [0.5, 0.6) is 0 Å².